The molecule has 0 amide bonds. The lowest BCUT2D eigenvalue weighted by Crippen LogP contribution is -2.30. The number of carbonyl (C=O) groups is 1. The first-order valence-electron chi connectivity index (χ1n) is 9.31. The second kappa shape index (κ2) is 7.88. The topological polar surface area (TPSA) is 71.7 Å². The number of hydrogen-bond acceptors (Lipinski definition) is 3. The molecule has 0 atom stereocenters. The Morgan fingerprint density at radius 2 is 1.71 bits per heavy atom. The number of phenols is 1. The third-order valence-electron chi connectivity index (χ3n) is 5.06. The maximum atomic E-state index is 14.3. The summed E-state index contributed by atoms with van der Waals surface area (Å²) >= 11 is 0. The summed E-state index contributed by atoms with van der Waals surface area (Å²) in [5, 5.41) is 19.6. The van der Waals surface area contributed by atoms with E-state index >= 15 is 0 Å². The number of ether oxygens (including phenoxy) is 1. The quantitative estimate of drug-likeness (QED) is 0.509. The van der Waals surface area contributed by atoms with Gasteiger partial charge in [0.1, 0.15) is 6.54 Å². The summed E-state index contributed by atoms with van der Waals surface area (Å²) in [5.41, 5.74) is -0.261. The van der Waals surface area contributed by atoms with Crippen LogP contribution < -0.4 is 0 Å². The number of benzene rings is 2. The number of carboxylic acid groups (broad SMARTS) is 1. The largest absolute Gasteiger partial charge is 0.504 e. The van der Waals surface area contributed by atoms with E-state index in [-0.39, 0.29) is 34.3 Å². The van der Waals surface area contributed by atoms with Crippen LogP contribution in [0.15, 0.2) is 36.4 Å². The van der Waals surface area contributed by atoms with Crippen molar-refractivity contribution in [1.29, 1.82) is 0 Å². The molecule has 0 aliphatic carbocycles. The van der Waals surface area contributed by atoms with Crippen molar-refractivity contribution in [3.05, 3.63) is 53.5 Å². The summed E-state index contributed by atoms with van der Waals surface area (Å²) in [6.45, 7) is 2.05. The molecule has 9 heteroatoms. The minimum absolute atomic E-state index is 0.00714. The number of aromatic hydroxyl groups is 1. The summed E-state index contributed by atoms with van der Waals surface area (Å²) in [6.07, 6.45) is -4.59. The summed E-state index contributed by atoms with van der Waals surface area (Å²) in [5.74, 6) is -2.92. The first-order valence-corrected chi connectivity index (χ1v) is 9.31. The van der Waals surface area contributed by atoms with Gasteiger partial charge in [-0.3, -0.25) is 0 Å². The first kappa shape index (κ1) is 22.6. The maximum absolute atomic E-state index is 14.3. The van der Waals surface area contributed by atoms with Gasteiger partial charge in [0.15, 0.2) is 11.6 Å². The number of fused-ring (bicyclic) bond motifs is 1. The predicted octanol–water partition coefficient (Wildman–Crippen LogP) is 5.34. The third kappa shape index (κ3) is 4.23. The zero-order valence-corrected chi connectivity index (χ0v) is 17.0. The van der Waals surface area contributed by atoms with E-state index < -0.39 is 35.7 Å². The highest BCUT2D eigenvalue weighted by Crippen LogP contribution is 2.46. The molecule has 0 aliphatic rings. The highest BCUT2D eigenvalue weighted by atomic mass is 19.4. The summed E-state index contributed by atoms with van der Waals surface area (Å²) in [7, 11) is 1.41. The van der Waals surface area contributed by atoms with Crippen LogP contribution in [0.25, 0.3) is 22.0 Å². The van der Waals surface area contributed by atoms with Gasteiger partial charge >= 0.3 is 12.1 Å². The van der Waals surface area contributed by atoms with E-state index in [1.807, 2.05) is 0 Å². The molecule has 0 saturated heterocycles. The van der Waals surface area contributed by atoms with Gasteiger partial charge in [-0.15, -0.1) is 0 Å². The van der Waals surface area contributed by atoms with Crippen molar-refractivity contribution in [3.8, 4) is 16.9 Å². The molecule has 31 heavy (non-hydrogen) atoms. The lowest BCUT2D eigenvalue weighted by Gasteiger charge is -2.28. The van der Waals surface area contributed by atoms with Gasteiger partial charge in [-0.1, -0.05) is 26.0 Å². The number of hydrogen-bond donors (Lipinski definition) is 2. The fraction of sp³-hybridized carbons (Fsp3) is 0.318. The molecule has 3 aromatic rings. The van der Waals surface area contributed by atoms with Crippen LogP contribution in [-0.2, 0) is 16.7 Å². The van der Waals surface area contributed by atoms with Crippen molar-refractivity contribution in [2.24, 2.45) is 0 Å². The number of aromatic nitrogens is 1. The molecular formula is C22H21F4NO4. The van der Waals surface area contributed by atoms with Crippen LogP contribution >= 0.6 is 0 Å². The number of carboxylic acids is 1. The average molecular weight is 439 g/mol. The van der Waals surface area contributed by atoms with Crippen LogP contribution in [-0.4, -0.2) is 40.6 Å². The number of phenolic OH excluding ortho intramolecular Hbond substituents is 1. The van der Waals surface area contributed by atoms with E-state index in [1.165, 1.54) is 37.4 Å². The monoisotopic (exact) mass is 439 g/mol. The van der Waals surface area contributed by atoms with Crippen molar-refractivity contribution in [2.75, 3.05) is 13.7 Å². The first-order chi connectivity index (χ1) is 14.4. The van der Waals surface area contributed by atoms with E-state index in [1.54, 1.807) is 13.8 Å². The molecule has 0 saturated carbocycles. The van der Waals surface area contributed by atoms with Gasteiger partial charge in [0, 0.05) is 23.8 Å². The molecule has 0 spiro atoms. The van der Waals surface area contributed by atoms with Gasteiger partial charge in [0.2, 0.25) is 0 Å². The summed E-state index contributed by atoms with van der Waals surface area (Å²) in [4.78, 5) is 11.2. The van der Waals surface area contributed by atoms with Gasteiger partial charge in [-0.05, 0) is 29.8 Å². The Morgan fingerprint density at radius 1 is 1.10 bits per heavy atom. The van der Waals surface area contributed by atoms with Crippen LogP contribution in [0.1, 0.15) is 29.9 Å². The average Bonchev–Trinajstić information content (AvgIpc) is 2.98. The molecule has 2 N–H and O–H groups in total. The molecule has 0 unspecified atom stereocenters. The third-order valence-corrected chi connectivity index (χ3v) is 5.06. The number of nitrogens with zero attached hydrogens (tertiary/aromatic N) is 1. The Kier molecular flexibility index (Phi) is 5.75. The van der Waals surface area contributed by atoms with Gasteiger partial charge < -0.3 is 19.5 Å². The van der Waals surface area contributed by atoms with Crippen molar-refractivity contribution in [2.45, 2.75) is 32.0 Å². The minimum atomic E-state index is -4.59. The van der Waals surface area contributed by atoms with Crippen LogP contribution in [0, 0.1) is 5.82 Å². The van der Waals surface area contributed by atoms with E-state index in [4.69, 9.17) is 9.84 Å². The second-order valence-electron chi connectivity index (χ2n) is 7.91. The van der Waals surface area contributed by atoms with E-state index in [0.29, 0.717) is 5.56 Å². The SMILES string of the molecule is COCC(C)(C)c1c(-c2ccc(C(=O)O)cc2)c2c(O)c(F)ccc2n1CC(F)(F)F. The fourth-order valence-corrected chi connectivity index (χ4v) is 3.94. The van der Waals surface area contributed by atoms with Gasteiger partial charge in [0.05, 0.1) is 23.1 Å². The molecule has 3 rings (SSSR count). The molecule has 1 aromatic heterocycles. The Morgan fingerprint density at radius 3 is 2.23 bits per heavy atom. The van der Waals surface area contributed by atoms with Crippen molar-refractivity contribution in [1.82, 2.24) is 4.57 Å². The Balaban J connectivity index is 2.47. The molecule has 0 bridgehead atoms. The number of alkyl halides is 3. The molecule has 2 aromatic carbocycles. The number of rotatable bonds is 6. The van der Waals surface area contributed by atoms with Crippen LogP contribution in [0.5, 0.6) is 5.75 Å². The highest BCUT2D eigenvalue weighted by molar-refractivity contribution is 6.03. The van der Waals surface area contributed by atoms with Crippen LogP contribution in [0.4, 0.5) is 17.6 Å². The zero-order valence-electron chi connectivity index (χ0n) is 17.0. The molecule has 5 nitrogen and oxygen atoms in total. The molecule has 0 radical (unpaired) electrons. The fourth-order valence-electron chi connectivity index (χ4n) is 3.94. The van der Waals surface area contributed by atoms with E-state index in [0.717, 1.165) is 10.6 Å². The predicted molar refractivity (Wildman–Crippen MR) is 107 cm³/mol. The van der Waals surface area contributed by atoms with E-state index in [2.05, 4.69) is 0 Å². The summed E-state index contributed by atoms with van der Waals surface area (Å²) in [6, 6.07) is 7.55. The van der Waals surface area contributed by atoms with Crippen molar-refractivity contribution < 1.29 is 37.3 Å². The Hall–Kier alpha value is -3.07. The Labute approximate surface area is 175 Å². The molecular weight excluding hydrogens is 418 g/mol. The smallest absolute Gasteiger partial charge is 0.406 e. The highest BCUT2D eigenvalue weighted by Gasteiger charge is 2.37. The van der Waals surface area contributed by atoms with Crippen LogP contribution in [0.3, 0.4) is 0 Å². The molecule has 1 heterocycles. The zero-order chi connectivity index (χ0) is 23.1. The van der Waals surface area contributed by atoms with E-state index in [9.17, 15) is 27.5 Å². The number of halogens is 4. The molecule has 166 valence electrons. The second-order valence-corrected chi connectivity index (χ2v) is 7.91. The maximum Gasteiger partial charge on any atom is 0.406 e. The van der Waals surface area contributed by atoms with Gasteiger partial charge in [-0.25, -0.2) is 9.18 Å². The number of aromatic carboxylic acids is 1. The van der Waals surface area contributed by atoms with Gasteiger partial charge in [-0.2, -0.15) is 13.2 Å². The Bertz CT molecular complexity index is 1130. The lowest BCUT2D eigenvalue weighted by atomic mass is 9.84. The summed E-state index contributed by atoms with van der Waals surface area (Å²) < 4.78 is 61.0. The molecule has 0 aliphatic heterocycles. The van der Waals surface area contributed by atoms with Gasteiger partial charge in [0.25, 0.3) is 0 Å². The minimum Gasteiger partial charge on any atom is -0.504 e. The number of methoxy groups -OCH3 is 1. The molecule has 0 fully saturated rings. The van der Waals surface area contributed by atoms with Crippen molar-refractivity contribution >= 4 is 16.9 Å². The standard InChI is InChI=1S/C22H21F4NO4/c1-21(2,11-31-3)19-16(12-4-6-13(7-5-12)20(29)30)17-15(9-8-14(23)18(17)28)27(19)10-22(24,25)26/h4-9,28H,10-11H2,1-3H3,(H,29,30). The lowest BCUT2D eigenvalue weighted by molar-refractivity contribution is -0.140. The van der Waals surface area contributed by atoms with Crippen molar-refractivity contribution in [3.63, 3.8) is 0 Å². The normalized spacial score (nSPS) is 12.5. The van der Waals surface area contributed by atoms with Crippen LogP contribution in [0.2, 0.25) is 0 Å².